The Hall–Kier alpha value is -0.0800. The summed E-state index contributed by atoms with van der Waals surface area (Å²) in [6.07, 6.45) is 7.41. The first-order valence-corrected chi connectivity index (χ1v) is 5.48. The van der Waals surface area contributed by atoms with Crippen molar-refractivity contribution in [2.24, 2.45) is 11.3 Å². The third-order valence-electron chi connectivity index (χ3n) is 4.76. The quantitative estimate of drug-likeness (QED) is 0.704. The number of ether oxygens (including phenoxy) is 1. The van der Waals surface area contributed by atoms with Gasteiger partial charge in [-0.25, -0.2) is 0 Å². The number of aliphatic hydroxyl groups is 1. The van der Waals surface area contributed by atoms with Gasteiger partial charge in [-0.2, -0.15) is 0 Å². The second kappa shape index (κ2) is 2.29. The van der Waals surface area contributed by atoms with Crippen molar-refractivity contribution in [3.05, 3.63) is 0 Å². The van der Waals surface area contributed by atoms with E-state index in [0.717, 1.165) is 6.42 Å². The molecule has 0 aliphatic heterocycles. The van der Waals surface area contributed by atoms with Crippen LogP contribution in [0.4, 0.5) is 0 Å². The van der Waals surface area contributed by atoms with Crippen molar-refractivity contribution in [1.82, 2.24) is 0 Å². The summed E-state index contributed by atoms with van der Waals surface area (Å²) in [6.45, 7) is 0. The monoisotopic (exact) mass is 182 g/mol. The summed E-state index contributed by atoms with van der Waals surface area (Å²) >= 11 is 0. The third-order valence-corrected chi connectivity index (χ3v) is 4.76. The highest BCUT2D eigenvalue weighted by atomic mass is 16.5. The fraction of sp³-hybridized carbons (Fsp3) is 1.00. The Balaban J connectivity index is 1.84. The molecule has 2 unspecified atom stereocenters. The molecule has 1 spiro atoms. The lowest BCUT2D eigenvalue weighted by atomic mass is 9.44. The van der Waals surface area contributed by atoms with Gasteiger partial charge in [0.25, 0.3) is 0 Å². The zero-order valence-corrected chi connectivity index (χ0v) is 8.25. The van der Waals surface area contributed by atoms with Crippen molar-refractivity contribution < 1.29 is 9.84 Å². The third kappa shape index (κ3) is 0.774. The molecule has 3 aliphatic rings. The van der Waals surface area contributed by atoms with E-state index < -0.39 is 0 Å². The molecule has 2 atom stereocenters. The van der Waals surface area contributed by atoms with E-state index in [1.165, 1.54) is 32.1 Å². The lowest BCUT2D eigenvalue weighted by Gasteiger charge is -2.66. The molecule has 0 saturated heterocycles. The van der Waals surface area contributed by atoms with Gasteiger partial charge in [-0.15, -0.1) is 0 Å². The largest absolute Gasteiger partial charge is 0.389 e. The SMILES string of the molecule is COC1CC(O)(C2CC2)C12CCC2. The zero-order valence-electron chi connectivity index (χ0n) is 8.25. The topological polar surface area (TPSA) is 29.5 Å². The molecule has 3 saturated carbocycles. The first-order chi connectivity index (χ1) is 6.23. The maximum atomic E-state index is 10.5. The highest BCUT2D eigenvalue weighted by Gasteiger charge is 2.71. The average Bonchev–Trinajstić information content (AvgIpc) is 2.78. The molecule has 13 heavy (non-hydrogen) atoms. The van der Waals surface area contributed by atoms with E-state index in [4.69, 9.17) is 4.74 Å². The molecule has 0 aromatic carbocycles. The smallest absolute Gasteiger partial charge is 0.0781 e. The molecule has 3 aliphatic carbocycles. The van der Waals surface area contributed by atoms with Gasteiger partial charge in [-0.05, 0) is 31.6 Å². The molecular formula is C11H18O2. The molecule has 74 valence electrons. The van der Waals surface area contributed by atoms with Gasteiger partial charge in [0.05, 0.1) is 11.7 Å². The molecule has 0 aromatic heterocycles. The summed E-state index contributed by atoms with van der Waals surface area (Å²) in [6, 6.07) is 0. The van der Waals surface area contributed by atoms with Crippen LogP contribution in [0.2, 0.25) is 0 Å². The molecule has 0 aromatic rings. The zero-order chi connectivity index (χ0) is 9.10. The standard InChI is InChI=1S/C11H18O2/c1-13-9-7-11(12,8-3-4-8)10(9)5-2-6-10/h8-9,12H,2-7H2,1H3. The van der Waals surface area contributed by atoms with Crippen LogP contribution in [0.15, 0.2) is 0 Å². The highest BCUT2D eigenvalue weighted by Crippen LogP contribution is 2.69. The Morgan fingerprint density at radius 3 is 2.38 bits per heavy atom. The molecule has 3 fully saturated rings. The molecule has 2 heteroatoms. The van der Waals surface area contributed by atoms with Crippen LogP contribution in [0, 0.1) is 11.3 Å². The second-order valence-electron chi connectivity index (χ2n) is 5.14. The van der Waals surface area contributed by atoms with Crippen molar-refractivity contribution in [1.29, 1.82) is 0 Å². The van der Waals surface area contributed by atoms with Crippen molar-refractivity contribution in [3.8, 4) is 0 Å². The minimum Gasteiger partial charge on any atom is -0.389 e. The summed E-state index contributed by atoms with van der Waals surface area (Å²) in [5, 5.41) is 10.5. The molecule has 0 bridgehead atoms. The Kier molecular flexibility index (Phi) is 1.45. The Bertz CT molecular complexity index is 230. The molecule has 0 heterocycles. The van der Waals surface area contributed by atoms with E-state index in [1.807, 2.05) is 0 Å². The molecule has 2 nitrogen and oxygen atoms in total. The summed E-state index contributed by atoms with van der Waals surface area (Å²) in [5.41, 5.74) is -0.144. The van der Waals surface area contributed by atoms with Crippen LogP contribution in [0.1, 0.15) is 38.5 Å². The van der Waals surface area contributed by atoms with Gasteiger partial charge in [0.2, 0.25) is 0 Å². The highest BCUT2D eigenvalue weighted by molar-refractivity contribution is 5.22. The Morgan fingerprint density at radius 1 is 1.31 bits per heavy atom. The van der Waals surface area contributed by atoms with Gasteiger partial charge < -0.3 is 9.84 Å². The Morgan fingerprint density at radius 2 is 2.00 bits per heavy atom. The average molecular weight is 182 g/mol. The van der Waals surface area contributed by atoms with Gasteiger partial charge in [0, 0.05) is 18.9 Å². The molecular weight excluding hydrogens is 164 g/mol. The predicted octanol–water partition coefficient (Wildman–Crippen LogP) is 1.72. The Labute approximate surface area is 79.3 Å². The van der Waals surface area contributed by atoms with Gasteiger partial charge in [0.15, 0.2) is 0 Å². The van der Waals surface area contributed by atoms with Crippen molar-refractivity contribution in [2.75, 3.05) is 7.11 Å². The number of hydrogen-bond acceptors (Lipinski definition) is 2. The molecule has 0 amide bonds. The van der Waals surface area contributed by atoms with E-state index in [1.54, 1.807) is 7.11 Å². The van der Waals surface area contributed by atoms with Crippen molar-refractivity contribution >= 4 is 0 Å². The van der Waals surface area contributed by atoms with Crippen LogP contribution in [0.3, 0.4) is 0 Å². The first kappa shape index (κ1) is 8.25. The summed E-state index contributed by atoms with van der Waals surface area (Å²) in [7, 11) is 1.79. The van der Waals surface area contributed by atoms with Crippen LogP contribution in [0.25, 0.3) is 0 Å². The van der Waals surface area contributed by atoms with E-state index in [0.29, 0.717) is 12.0 Å². The first-order valence-electron chi connectivity index (χ1n) is 5.48. The second-order valence-corrected chi connectivity index (χ2v) is 5.14. The van der Waals surface area contributed by atoms with Crippen LogP contribution in [0.5, 0.6) is 0 Å². The summed E-state index contributed by atoms with van der Waals surface area (Å²) in [4.78, 5) is 0. The van der Waals surface area contributed by atoms with E-state index in [2.05, 4.69) is 0 Å². The molecule has 3 rings (SSSR count). The minimum absolute atomic E-state index is 0.183. The maximum absolute atomic E-state index is 10.5. The van der Waals surface area contributed by atoms with Crippen LogP contribution >= 0.6 is 0 Å². The van der Waals surface area contributed by atoms with Gasteiger partial charge in [-0.1, -0.05) is 6.42 Å². The number of methoxy groups -OCH3 is 1. The fourth-order valence-electron chi connectivity index (χ4n) is 3.58. The van der Waals surface area contributed by atoms with Crippen molar-refractivity contribution in [3.63, 3.8) is 0 Å². The normalized spacial score (nSPS) is 47.1. The van der Waals surface area contributed by atoms with E-state index in [-0.39, 0.29) is 11.0 Å². The maximum Gasteiger partial charge on any atom is 0.0781 e. The predicted molar refractivity (Wildman–Crippen MR) is 49.4 cm³/mol. The lowest BCUT2D eigenvalue weighted by Crippen LogP contribution is -2.71. The lowest BCUT2D eigenvalue weighted by molar-refractivity contribution is -0.291. The van der Waals surface area contributed by atoms with Gasteiger partial charge in [-0.3, -0.25) is 0 Å². The van der Waals surface area contributed by atoms with Crippen LogP contribution in [-0.4, -0.2) is 23.9 Å². The summed E-state index contributed by atoms with van der Waals surface area (Å²) in [5.74, 6) is 0.610. The van der Waals surface area contributed by atoms with Crippen LogP contribution < -0.4 is 0 Å². The number of rotatable bonds is 2. The molecule has 0 radical (unpaired) electrons. The number of hydrogen-bond donors (Lipinski definition) is 1. The van der Waals surface area contributed by atoms with E-state index >= 15 is 0 Å². The van der Waals surface area contributed by atoms with E-state index in [9.17, 15) is 5.11 Å². The molecule has 1 N–H and O–H groups in total. The fourth-order valence-corrected chi connectivity index (χ4v) is 3.58. The van der Waals surface area contributed by atoms with Gasteiger partial charge >= 0.3 is 0 Å². The van der Waals surface area contributed by atoms with Gasteiger partial charge in [0.1, 0.15) is 0 Å². The minimum atomic E-state index is -0.327. The van der Waals surface area contributed by atoms with Crippen LogP contribution in [-0.2, 0) is 4.74 Å². The summed E-state index contributed by atoms with van der Waals surface area (Å²) < 4.78 is 5.46. The van der Waals surface area contributed by atoms with Crippen molar-refractivity contribution in [2.45, 2.75) is 50.2 Å².